The van der Waals surface area contributed by atoms with Crippen molar-refractivity contribution in [1.82, 2.24) is 0 Å². The minimum Gasteiger partial charge on any atom is -0.388 e. The van der Waals surface area contributed by atoms with E-state index in [4.69, 9.17) is 4.18 Å². The molecule has 200 valence electrons. The molecule has 5 rings (SSSR count). The van der Waals surface area contributed by atoms with E-state index in [1.54, 1.807) is 24.3 Å². The molecular weight excluding hydrogens is 512 g/mol. The van der Waals surface area contributed by atoms with Gasteiger partial charge in [-0.3, -0.25) is 8.98 Å². The Labute approximate surface area is 228 Å². The van der Waals surface area contributed by atoms with Gasteiger partial charge in [-0.25, -0.2) is 0 Å². The first-order valence-corrected chi connectivity index (χ1v) is 14.2. The van der Waals surface area contributed by atoms with E-state index in [9.17, 15) is 18.3 Å². The van der Waals surface area contributed by atoms with Crippen LogP contribution in [0.5, 0.6) is 0 Å². The summed E-state index contributed by atoms with van der Waals surface area (Å²) >= 11 is 0. The van der Waals surface area contributed by atoms with Crippen LogP contribution in [0, 0.1) is 6.92 Å². The summed E-state index contributed by atoms with van der Waals surface area (Å²) in [6.45, 7) is 2.10. The van der Waals surface area contributed by atoms with Gasteiger partial charge in [0.25, 0.3) is 16.0 Å². The molecule has 39 heavy (non-hydrogen) atoms. The number of amides is 1. The Morgan fingerprint density at radius 1 is 0.949 bits per heavy atom. The van der Waals surface area contributed by atoms with Crippen molar-refractivity contribution in [2.75, 3.05) is 23.4 Å². The molecule has 0 bridgehead atoms. The summed E-state index contributed by atoms with van der Waals surface area (Å²) in [5.41, 5.74) is 5.00. The van der Waals surface area contributed by atoms with E-state index in [2.05, 4.69) is 10.2 Å². The van der Waals surface area contributed by atoms with E-state index < -0.39 is 28.9 Å². The monoisotopic (exact) mass is 542 g/mol. The van der Waals surface area contributed by atoms with Gasteiger partial charge in [-0.2, -0.15) is 8.42 Å². The SMILES string of the molecule is Cc1ccc(S(=O)(=O)OC[C@H](O)[C@H](c2ccccc2)N2CCc3cc(NC(=O)c4ccccc4)ccc32)cc1. The predicted octanol–water partition coefficient (Wildman–Crippen LogP) is 5.12. The molecule has 0 aliphatic carbocycles. The number of carbonyl (C=O) groups is 1. The Hall–Kier alpha value is -3.98. The van der Waals surface area contributed by atoms with Gasteiger partial charge < -0.3 is 15.3 Å². The van der Waals surface area contributed by atoms with Crippen LogP contribution in [-0.2, 0) is 20.7 Å². The summed E-state index contributed by atoms with van der Waals surface area (Å²) in [4.78, 5) is 14.7. The van der Waals surface area contributed by atoms with Gasteiger partial charge >= 0.3 is 0 Å². The average molecular weight is 543 g/mol. The highest BCUT2D eigenvalue weighted by molar-refractivity contribution is 7.86. The third kappa shape index (κ3) is 6.04. The van der Waals surface area contributed by atoms with Gasteiger partial charge in [0.1, 0.15) is 6.10 Å². The van der Waals surface area contributed by atoms with Crippen molar-refractivity contribution in [3.63, 3.8) is 0 Å². The molecule has 1 amide bonds. The Morgan fingerprint density at radius 2 is 1.62 bits per heavy atom. The number of carbonyl (C=O) groups excluding carboxylic acids is 1. The Kier molecular flexibility index (Phi) is 7.79. The van der Waals surface area contributed by atoms with E-state index in [-0.39, 0.29) is 10.8 Å². The Morgan fingerprint density at radius 3 is 2.31 bits per heavy atom. The van der Waals surface area contributed by atoms with Gasteiger partial charge in [-0.1, -0.05) is 66.2 Å². The number of hydrogen-bond acceptors (Lipinski definition) is 6. The molecule has 4 aromatic carbocycles. The Balaban J connectivity index is 1.36. The highest BCUT2D eigenvalue weighted by Crippen LogP contribution is 2.38. The van der Waals surface area contributed by atoms with Crippen molar-refractivity contribution < 1.29 is 22.5 Å². The van der Waals surface area contributed by atoms with Crippen LogP contribution in [-0.4, -0.2) is 38.7 Å². The minimum atomic E-state index is -4.03. The molecule has 0 aromatic heterocycles. The lowest BCUT2D eigenvalue weighted by Gasteiger charge is -2.34. The molecule has 1 aliphatic rings. The molecule has 0 fully saturated rings. The minimum absolute atomic E-state index is 0.0492. The quantitative estimate of drug-likeness (QED) is 0.285. The number of aryl methyl sites for hydroxylation is 1. The lowest BCUT2D eigenvalue weighted by molar-refractivity contribution is 0.0852. The lowest BCUT2D eigenvalue weighted by Crippen LogP contribution is -2.38. The summed E-state index contributed by atoms with van der Waals surface area (Å²) < 4.78 is 30.9. The molecular formula is C31H30N2O5S. The summed E-state index contributed by atoms with van der Waals surface area (Å²) in [5, 5.41) is 14.3. The molecule has 8 heteroatoms. The van der Waals surface area contributed by atoms with Gasteiger partial charge in [-0.15, -0.1) is 0 Å². The maximum Gasteiger partial charge on any atom is 0.297 e. The zero-order chi connectivity index (χ0) is 27.4. The first-order valence-electron chi connectivity index (χ1n) is 12.8. The van der Waals surface area contributed by atoms with Crippen LogP contribution in [0.4, 0.5) is 11.4 Å². The summed E-state index contributed by atoms with van der Waals surface area (Å²) in [6.07, 6.45) is -0.417. The molecule has 2 N–H and O–H groups in total. The molecule has 0 radical (unpaired) electrons. The number of aliphatic hydroxyl groups excluding tert-OH is 1. The molecule has 2 atom stereocenters. The van der Waals surface area contributed by atoms with Gasteiger partial charge in [-0.05, 0) is 66.9 Å². The van der Waals surface area contributed by atoms with Crippen molar-refractivity contribution >= 4 is 27.4 Å². The van der Waals surface area contributed by atoms with Crippen LogP contribution in [0.25, 0.3) is 0 Å². The van der Waals surface area contributed by atoms with Crippen LogP contribution in [0.3, 0.4) is 0 Å². The van der Waals surface area contributed by atoms with Gasteiger partial charge in [0, 0.05) is 23.5 Å². The highest BCUT2D eigenvalue weighted by Gasteiger charge is 2.33. The maximum absolute atomic E-state index is 12.8. The molecule has 4 aromatic rings. The number of nitrogens with one attached hydrogen (secondary N) is 1. The smallest absolute Gasteiger partial charge is 0.297 e. The van der Waals surface area contributed by atoms with Gasteiger partial charge in [0.05, 0.1) is 17.5 Å². The maximum atomic E-state index is 12.8. The van der Waals surface area contributed by atoms with Crippen molar-refractivity contribution in [3.8, 4) is 0 Å². The molecule has 7 nitrogen and oxygen atoms in total. The van der Waals surface area contributed by atoms with Crippen molar-refractivity contribution in [2.45, 2.75) is 30.4 Å². The van der Waals surface area contributed by atoms with E-state index in [0.29, 0.717) is 24.2 Å². The topological polar surface area (TPSA) is 95.9 Å². The number of anilines is 2. The Bertz CT molecular complexity index is 1540. The normalized spacial score (nSPS) is 14.5. The fourth-order valence-electron chi connectivity index (χ4n) is 4.87. The number of fused-ring (bicyclic) bond motifs is 1. The van der Waals surface area contributed by atoms with Crippen LogP contribution >= 0.6 is 0 Å². The second-order valence-electron chi connectivity index (χ2n) is 9.58. The molecule has 1 aliphatic heterocycles. The first kappa shape index (κ1) is 26.6. The summed E-state index contributed by atoms with van der Waals surface area (Å²) in [6, 6.07) is 30.1. The zero-order valence-electron chi connectivity index (χ0n) is 21.5. The van der Waals surface area contributed by atoms with E-state index in [1.165, 1.54) is 12.1 Å². The molecule has 1 heterocycles. The van der Waals surface area contributed by atoms with E-state index >= 15 is 0 Å². The van der Waals surface area contributed by atoms with Gasteiger partial charge in [0.2, 0.25) is 0 Å². The third-order valence-electron chi connectivity index (χ3n) is 6.85. The molecule has 0 saturated carbocycles. The van der Waals surface area contributed by atoms with Crippen LogP contribution in [0.1, 0.15) is 33.1 Å². The average Bonchev–Trinajstić information content (AvgIpc) is 3.36. The predicted molar refractivity (Wildman–Crippen MR) is 151 cm³/mol. The number of benzene rings is 4. The zero-order valence-corrected chi connectivity index (χ0v) is 22.3. The van der Waals surface area contributed by atoms with Crippen molar-refractivity contribution in [1.29, 1.82) is 0 Å². The van der Waals surface area contributed by atoms with E-state index in [0.717, 1.165) is 22.4 Å². The second kappa shape index (κ2) is 11.4. The summed E-state index contributed by atoms with van der Waals surface area (Å²) in [5.74, 6) is -0.185. The van der Waals surface area contributed by atoms with Crippen LogP contribution in [0.15, 0.2) is 108 Å². The van der Waals surface area contributed by atoms with Crippen molar-refractivity contribution in [2.24, 2.45) is 0 Å². The van der Waals surface area contributed by atoms with Crippen LogP contribution < -0.4 is 10.2 Å². The largest absolute Gasteiger partial charge is 0.388 e. The number of nitrogens with zero attached hydrogens (tertiary/aromatic N) is 1. The molecule has 0 saturated heterocycles. The number of hydrogen-bond donors (Lipinski definition) is 2. The summed E-state index contributed by atoms with van der Waals surface area (Å²) in [7, 11) is -4.03. The van der Waals surface area contributed by atoms with Crippen LogP contribution in [0.2, 0.25) is 0 Å². The standard InChI is InChI=1S/C31H30N2O5S/c1-22-12-15-27(16-13-22)39(36,37)38-21-29(34)30(23-8-4-2-5-9-23)33-19-18-25-20-26(14-17-28(25)33)32-31(35)24-10-6-3-7-11-24/h2-17,20,29-30,34H,18-19,21H2,1H3,(H,32,35)/t29-,30-/m0/s1. The van der Waals surface area contributed by atoms with Gasteiger partial charge in [0.15, 0.2) is 0 Å². The number of rotatable bonds is 9. The third-order valence-corrected chi connectivity index (χ3v) is 8.15. The second-order valence-corrected chi connectivity index (χ2v) is 11.2. The van der Waals surface area contributed by atoms with E-state index in [1.807, 2.05) is 73.7 Å². The lowest BCUT2D eigenvalue weighted by atomic mass is 9.99. The fraction of sp³-hybridized carbons (Fsp3) is 0.194. The molecule has 0 unspecified atom stereocenters. The first-order chi connectivity index (χ1) is 18.8. The molecule has 0 spiro atoms. The fourth-order valence-corrected chi connectivity index (χ4v) is 5.79. The number of aliphatic hydroxyl groups is 1. The highest BCUT2D eigenvalue weighted by atomic mass is 32.2. The van der Waals surface area contributed by atoms with Crippen molar-refractivity contribution in [3.05, 3.63) is 125 Å².